The number of carbonyl (C=O) groups excluding carboxylic acids is 1. The molecule has 0 radical (unpaired) electrons. The Morgan fingerprint density at radius 1 is 1.27 bits per heavy atom. The third-order valence-corrected chi connectivity index (χ3v) is 5.12. The van der Waals surface area contributed by atoms with Crippen LogP contribution >= 0.6 is 22.7 Å². The smallest absolute Gasteiger partial charge is 0.273 e. The van der Waals surface area contributed by atoms with Crippen LogP contribution in [0.15, 0.2) is 29.6 Å². The Morgan fingerprint density at radius 2 is 2.09 bits per heavy atom. The lowest BCUT2D eigenvalue weighted by molar-refractivity contribution is 0.0780. The van der Waals surface area contributed by atoms with Crippen molar-refractivity contribution in [2.75, 3.05) is 13.6 Å². The summed E-state index contributed by atoms with van der Waals surface area (Å²) >= 11 is 3.09. The standard InChI is InChI=1S/C15H16N4OS2/c1-19(15(20)11-9-21-13(18-11)6-7-16)8-14-17-10-4-2-3-5-12(10)22-14/h2-5,9H,6-8,16H2,1H3. The highest BCUT2D eigenvalue weighted by atomic mass is 32.1. The molecule has 2 aromatic heterocycles. The number of aromatic nitrogens is 2. The molecule has 7 heteroatoms. The number of thiazole rings is 2. The van der Waals surface area contributed by atoms with Crippen LogP contribution in [0.3, 0.4) is 0 Å². The molecule has 0 aliphatic carbocycles. The first kappa shape index (κ1) is 15.1. The summed E-state index contributed by atoms with van der Waals surface area (Å²) in [5.74, 6) is -0.0845. The summed E-state index contributed by atoms with van der Waals surface area (Å²) in [5, 5.41) is 3.62. The van der Waals surface area contributed by atoms with Crippen LogP contribution in [-0.2, 0) is 13.0 Å². The molecule has 0 atom stereocenters. The maximum atomic E-state index is 12.4. The Bertz CT molecular complexity index is 763. The average molecular weight is 332 g/mol. The third kappa shape index (κ3) is 3.16. The molecule has 0 unspecified atom stereocenters. The second-order valence-electron chi connectivity index (χ2n) is 4.90. The summed E-state index contributed by atoms with van der Waals surface area (Å²) in [6.45, 7) is 1.03. The van der Waals surface area contributed by atoms with Crippen molar-refractivity contribution in [2.24, 2.45) is 5.73 Å². The topological polar surface area (TPSA) is 72.1 Å². The summed E-state index contributed by atoms with van der Waals surface area (Å²) in [6.07, 6.45) is 0.708. The van der Waals surface area contributed by atoms with Crippen LogP contribution in [0.1, 0.15) is 20.5 Å². The number of rotatable bonds is 5. The van der Waals surface area contributed by atoms with Gasteiger partial charge in [-0.15, -0.1) is 22.7 Å². The maximum absolute atomic E-state index is 12.4. The van der Waals surface area contributed by atoms with Crippen LogP contribution in [0.4, 0.5) is 0 Å². The molecule has 0 aliphatic rings. The van der Waals surface area contributed by atoms with Crippen molar-refractivity contribution in [2.45, 2.75) is 13.0 Å². The van der Waals surface area contributed by atoms with Gasteiger partial charge in [0.05, 0.1) is 21.8 Å². The van der Waals surface area contributed by atoms with Gasteiger partial charge in [-0.2, -0.15) is 0 Å². The maximum Gasteiger partial charge on any atom is 0.273 e. The number of fused-ring (bicyclic) bond motifs is 1. The molecule has 2 N–H and O–H groups in total. The predicted molar refractivity (Wildman–Crippen MR) is 90.3 cm³/mol. The van der Waals surface area contributed by atoms with E-state index in [2.05, 4.69) is 9.97 Å². The number of hydrogen-bond donors (Lipinski definition) is 1. The first-order valence-corrected chi connectivity index (χ1v) is 8.61. The Morgan fingerprint density at radius 3 is 2.86 bits per heavy atom. The lowest BCUT2D eigenvalue weighted by atomic mass is 10.3. The van der Waals surface area contributed by atoms with E-state index in [-0.39, 0.29) is 5.91 Å². The molecule has 3 aromatic rings. The van der Waals surface area contributed by atoms with Crippen LogP contribution in [0.5, 0.6) is 0 Å². The van der Waals surface area contributed by atoms with Gasteiger partial charge in [-0.3, -0.25) is 4.79 Å². The van der Waals surface area contributed by atoms with Crippen molar-refractivity contribution < 1.29 is 4.79 Å². The zero-order chi connectivity index (χ0) is 15.5. The molecule has 114 valence electrons. The fourth-order valence-electron chi connectivity index (χ4n) is 2.11. The molecule has 0 aliphatic heterocycles. The van der Waals surface area contributed by atoms with Gasteiger partial charge in [0, 0.05) is 18.8 Å². The van der Waals surface area contributed by atoms with E-state index in [0.29, 0.717) is 25.2 Å². The first-order chi connectivity index (χ1) is 10.7. The van der Waals surface area contributed by atoms with Crippen molar-refractivity contribution in [1.29, 1.82) is 0 Å². The molecule has 3 rings (SSSR count). The van der Waals surface area contributed by atoms with E-state index in [1.165, 1.54) is 11.3 Å². The number of nitrogens with two attached hydrogens (primary N) is 1. The van der Waals surface area contributed by atoms with Crippen LogP contribution in [0.2, 0.25) is 0 Å². The van der Waals surface area contributed by atoms with Crippen molar-refractivity contribution >= 4 is 38.8 Å². The summed E-state index contributed by atoms with van der Waals surface area (Å²) in [6, 6.07) is 7.98. The zero-order valence-electron chi connectivity index (χ0n) is 12.2. The summed E-state index contributed by atoms with van der Waals surface area (Å²) in [4.78, 5) is 22.9. The molecular formula is C15H16N4OS2. The number of carbonyl (C=O) groups is 1. The molecule has 1 amide bonds. The quantitative estimate of drug-likeness (QED) is 0.779. The van der Waals surface area contributed by atoms with Crippen LogP contribution < -0.4 is 5.73 Å². The Balaban J connectivity index is 1.72. The zero-order valence-corrected chi connectivity index (χ0v) is 13.8. The highest BCUT2D eigenvalue weighted by Gasteiger charge is 2.17. The van der Waals surface area contributed by atoms with E-state index in [1.807, 2.05) is 24.3 Å². The minimum absolute atomic E-state index is 0.0845. The van der Waals surface area contributed by atoms with E-state index in [1.54, 1.807) is 28.7 Å². The molecule has 22 heavy (non-hydrogen) atoms. The van der Waals surface area contributed by atoms with Gasteiger partial charge in [0.25, 0.3) is 5.91 Å². The van der Waals surface area contributed by atoms with Gasteiger partial charge >= 0.3 is 0 Å². The van der Waals surface area contributed by atoms with E-state index in [0.717, 1.165) is 20.2 Å². The summed E-state index contributed by atoms with van der Waals surface area (Å²) in [5.41, 5.74) is 6.97. The molecular weight excluding hydrogens is 316 g/mol. The number of amides is 1. The minimum Gasteiger partial charge on any atom is -0.334 e. The van der Waals surface area contributed by atoms with Gasteiger partial charge < -0.3 is 10.6 Å². The van der Waals surface area contributed by atoms with E-state index < -0.39 is 0 Å². The van der Waals surface area contributed by atoms with Crippen molar-refractivity contribution in [3.63, 3.8) is 0 Å². The Kier molecular flexibility index (Phi) is 4.47. The second-order valence-corrected chi connectivity index (χ2v) is 6.96. The molecule has 2 heterocycles. The number of benzene rings is 1. The van der Waals surface area contributed by atoms with E-state index in [9.17, 15) is 4.79 Å². The molecule has 0 saturated carbocycles. The molecule has 1 aromatic carbocycles. The lowest BCUT2D eigenvalue weighted by Crippen LogP contribution is -2.26. The number of para-hydroxylation sites is 1. The molecule has 0 saturated heterocycles. The molecule has 0 fully saturated rings. The largest absolute Gasteiger partial charge is 0.334 e. The van der Waals surface area contributed by atoms with Crippen molar-refractivity contribution in [3.8, 4) is 0 Å². The monoisotopic (exact) mass is 332 g/mol. The lowest BCUT2D eigenvalue weighted by Gasteiger charge is -2.13. The van der Waals surface area contributed by atoms with E-state index in [4.69, 9.17) is 5.73 Å². The van der Waals surface area contributed by atoms with Crippen LogP contribution in [-0.4, -0.2) is 34.4 Å². The Hall–Kier alpha value is -1.83. The molecule has 0 spiro atoms. The van der Waals surface area contributed by atoms with Gasteiger partial charge in [-0.25, -0.2) is 9.97 Å². The van der Waals surface area contributed by atoms with Crippen LogP contribution in [0.25, 0.3) is 10.2 Å². The van der Waals surface area contributed by atoms with E-state index >= 15 is 0 Å². The third-order valence-electron chi connectivity index (χ3n) is 3.19. The molecule has 0 bridgehead atoms. The SMILES string of the molecule is CN(Cc1nc2ccccc2s1)C(=O)c1csc(CCN)n1. The number of hydrogen-bond acceptors (Lipinski definition) is 6. The highest BCUT2D eigenvalue weighted by Crippen LogP contribution is 2.23. The normalized spacial score (nSPS) is 11.0. The fourth-order valence-corrected chi connectivity index (χ4v) is 3.91. The summed E-state index contributed by atoms with van der Waals surface area (Å²) in [7, 11) is 1.77. The predicted octanol–water partition coefficient (Wildman–Crippen LogP) is 2.53. The van der Waals surface area contributed by atoms with Crippen molar-refractivity contribution in [1.82, 2.24) is 14.9 Å². The van der Waals surface area contributed by atoms with Gasteiger partial charge in [0.1, 0.15) is 10.7 Å². The van der Waals surface area contributed by atoms with Gasteiger partial charge in [-0.1, -0.05) is 12.1 Å². The Labute approximate surface area is 136 Å². The average Bonchev–Trinajstić information content (AvgIpc) is 3.12. The van der Waals surface area contributed by atoms with Crippen LogP contribution in [0, 0.1) is 0 Å². The summed E-state index contributed by atoms with van der Waals surface area (Å²) < 4.78 is 1.14. The molecule has 5 nitrogen and oxygen atoms in total. The fraction of sp³-hybridized carbons (Fsp3) is 0.267. The second kappa shape index (κ2) is 6.51. The highest BCUT2D eigenvalue weighted by molar-refractivity contribution is 7.18. The van der Waals surface area contributed by atoms with Crippen molar-refractivity contribution in [3.05, 3.63) is 45.4 Å². The van der Waals surface area contributed by atoms with Gasteiger partial charge in [0.2, 0.25) is 0 Å². The van der Waals surface area contributed by atoms with Gasteiger partial charge in [0.15, 0.2) is 0 Å². The number of nitrogens with zero attached hydrogens (tertiary/aromatic N) is 3. The first-order valence-electron chi connectivity index (χ1n) is 6.92. The van der Waals surface area contributed by atoms with Gasteiger partial charge in [-0.05, 0) is 18.7 Å². The minimum atomic E-state index is -0.0845.